The molecule has 3 rings (SSSR count). The Labute approximate surface area is 166 Å². The first-order valence-corrected chi connectivity index (χ1v) is 8.80. The van der Waals surface area contributed by atoms with Crippen molar-refractivity contribution in [3.63, 3.8) is 0 Å². The van der Waals surface area contributed by atoms with E-state index in [1.54, 1.807) is 24.3 Å². The third-order valence-corrected chi connectivity index (χ3v) is 4.79. The van der Waals surface area contributed by atoms with Crippen molar-refractivity contribution in [2.45, 2.75) is 6.42 Å². The van der Waals surface area contributed by atoms with Gasteiger partial charge in [0.05, 0.1) is 40.6 Å². The second kappa shape index (κ2) is 8.11. The van der Waals surface area contributed by atoms with E-state index < -0.39 is 17.8 Å². The van der Waals surface area contributed by atoms with Gasteiger partial charge in [-0.3, -0.25) is 9.59 Å². The average molecular weight is 398 g/mol. The van der Waals surface area contributed by atoms with Gasteiger partial charge in [-0.25, -0.2) is 4.79 Å². The van der Waals surface area contributed by atoms with Gasteiger partial charge in [-0.05, 0) is 30.3 Å². The van der Waals surface area contributed by atoms with Crippen LogP contribution in [0.3, 0.4) is 0 Å². The van der Waals surface area contributed by atoms with Gasteiger partial charge in [0.25, 0.3) is 0 Å². The van der Waals surface area contributed by atoms with Crippen molar-refractivity contribution >= 4 is 40.8 Å². The van der Waals surface area contributed by atoms with Gasteiger partial charge in [-0.1, -0.05) is 23.7 Å². The number of carbonyl (C=O) groups excluding carboxylic acids is 3. The van der Waals surface area contributed by atoms with E-state index in [1.807, 2.05) is 0 Å². The molecule has 0 radical (unpaired) electrons. The zero-order chi connectivity index (χ0) is 20.3. The van der Waals surface area contributed by atoms with Crippen LogP contribution in [0, 0.1) is 17.2 Å². The molecule has 8 heteroatoms. The lowest BCUT2D eigenvalue weighted by Crippen LogP contribution is -2.28. The van der Waals surface area contributed by atoms with Crippen molar-refractivity contribution in [1.29, 1.82) is 5.26 Å². The number of halogens is 1. The van der Waals surface area contributed by atoms with Crippen LogP contribution in [0.5, 0.6) is 0 Å². The normalized spacial score (nSPS) is 15.8. The number of rotatable bonds is 4. The predicted molar refractivity (Wildman–Crippen MR) is 103 cm³/mol. The smallest absolute Gasteiger partial charge is 0.337 e. The van der Waals surface area contributed by atoms with Crippen LogP contribution in [0.2, 0.25) is 5.02 Å². The van der Waals surface area contributed by atoms with Crippen molar-refractivity contribution in [1.82, 2.24) is 0 Å². The number of esters is 1. The molecule has 1 fully saturated rings. The fourth-order valence-corrected chi connectivity index (χ4v) is 3.19. The van der Waals surface area contributed by atoms with Crippen LogP contribution in [-0.2, 0) is 14.3 Å². The number of nitriles is 1. The van der Waals surface area contributed by atoms with Crippen LogP contribution in [0.1, 0.15) is 22.3 Å². The van der Waals surface area contributed by atoms with Crippen molar-refractivity contribution in [2.24, 2.45) is 5.92 Å². The minimum absolute atomic E-state index is 0.0138. The maximum absolute atomic E-state index is 12.7. The maximum atomic E-state index is 12.7. The number of anilines is 2. The molecule has 1 saturated heterocycles. The molecule has 7 nitrogen and oxygen atoms in total. The van der Waals surface area contributed by atoms with Crippen LogP contribution in [0.4, 0.5) is 11.4 Å². The number of nitrogens with zero attached hydrogens (tertiary/aromatic N) is 2. The first-order valence-electron chi connectivity index (χ1n) is 8.42. The zero-order valence-corrected chi connectivity index (χ0v) is 15.7. The highest BCUT2D eigenvalue weighted by Gasteiger charge is 2.36. The standard InChI is InChI=1S/C20H16ClN3O4/c1-28-20(27)12-6-7-15(21)16(8-12)23-19(26)14-9-18(25)24(11-14)17-5-3-2-4-13(17)10-22/h2-8,14H,9,11H2,1H3,(H,23,26). The van der Waals surface area contributed by atoms with E-state index in [4.69, 9.17) is 11.6 Å². The number of methoxy groups -OCH3 is 1. The van der Waals surface area contributed by atoms with Crippen LogP contribution in [0.25, 0.3) is 0 Å². The van der Waals surface area contributed by atoms with E-state index in [1.165, 1.54) is 30.2 Å². The average Bonchev–Trinajstić information content (AvgIpc) is 3.10. The quantitative estimate of drug-likeness (QED) is 0.799. The Bertz CT molecular complexity index is 999. The van der Waals surface area contributed by atoms with Gasteiger partial charge in [-0.2, -0.15) is 5.26 Å². The number of para-hydroxylation sites is 1. The van der Waals surface area contributed by atoms with Crippen molar-refractivity contribution in [3.05, 3.63) is 58.6 Å². The lowest BCUT2D eigenvalue weighted by molar-refractivity contribution is -0.122. The van der Waals surface area contributed by atoms with Crippen molar-refractivity contribution < 1.29 is 19.1 Å². The lowest BCUT2D eigenvalue weighted by Gasteiger charge is -2.18. The molecule has 28 heavy (non-hydrogen) atoms. The Morgan fingerprint density at radius 3 is 2.75 bits per heavy atom. The largest absolute Gasteiger partial charge is 0.465 e. The molecule has 1 aliphatic heterocycles. The number of hydrogen-bond acceptors (Lipinski definition) is 5. The van der Waals surface area contributed by atoms with Gasteiger partial charge in [0.2, 0.25) is 11.8 Å². The molecule has 0 bridgehead atoms. The number of amides is 2. The Morgan fingerprint density at radius 2 is 2.04 bits per heavy atom. The first-order chi connectivity index (χ1) is 13.4. The van der Waals surface area contributed by atoms with Gasteiger partial charge < -0.3 is 15.0 Å². The summed E-state index contributed by atoms with van der Waals surface area (Å²) in [6, 6.07) is 13.2. The summed E-state index contributed by atoms with van der Waals surface area (Å²) in [5.74, 6) is -1.80. The molecule has 0 aliphatic carbocycles. The van der Waals surface area contributed by atoms with E-state index in [0.717, 1.165) is 0 Å². The van der Waals surface area contributed by atoms with Crippen LogP contribution < -0.4 is 10.2 Å². The monoisotopic (exact) mass is 397 g/mol. The minimum Gasteiger partial charge on any atom is -0.465 e. The van der Waals surface area contributed by atoms with E-state index in [9.17, 15) is 19.6 Å². The summed E-state index contributed by atoms with van der Waals surface area (Å²) in [6.45, 7) is 0.150. The molecular formula is C20H16ClN3O4. The molecular weight excluding hydrogens is 382 g/mol. The summed E-state index contributed by atoms with van der Waals surface area (Å²) in [4.78, 5) is 38.2. The maximum Gasteiger partial charge on any atom is 0.337 e. The summed E-state index contributed by atoms with van der Waals surface area (Å²) in [5.41, 5.74) is 1.36. The van der Waals surface area contributed by atoms with E-state index in [-0.39, 0.29) is 35.1 Å². The molecule has 1 N–H and O–H groups in total. The number of carbonyl (C=O) groups is 3. The van der Waals surface area contributed by atoms with Crippen molar-refractivity contribution in [2.75, 3.05) is 23.9 Å². The Hall–Kier alpha value is -3.37. The van der Waals surface area contributed by atoms with Gasteiger partial charge >= 0.3 is 5.97 Å². The van der Waals surface area contributed by atoms with Gasteiger partial charge in [0.1, 0.15) is 6.07 Å². The SMILES string of the molecule is COC(=O)c1ccc(Cl)c(NC(=O)C2CC(=O)N(c3ccccc3C#N)C2)c1. The number of ether oxygens (including phenoxy) is 1. The van der Waals surface area contributed by atoms with Gasteiger partial charge in [-0.15, -0.1) is 0 Å². The lowest BCUT2D eigenvalue weighted by atomic mass is 10.1. The molecule has 1 heterocycles. The van der Waals surface area contributed by atoms with Gasteiger partial charge in [0.15, 0.2) is 0 Å². The molecule has 1 unspecified atom stereocenters. The van der Waals surface area contributed by atoms with Crippen molar-refractivity contribution in [3.8, 4) is 6.07 Å². The summed E-state index contributed by atoms with van der Waals surface area (Å²) in [7, 11) is 1.26. The van der Waals surface area contributed by atoms with E-state index in [0.29, 0.717) is 11.3 Å². The first kappa shape index (κ1) is 19.4. The molecule has 1 aliphatic rings. The third kappa shape index (κ3) is 3.82. The molecule has 2 aromatic carbocycles. The molecule has 2 amide bonds. The highest BCUT2D eigenvalue weighted by molar-refractivity contribution is 6.34. The predicted octanol–water partition coefficient (Wildman–Crippen LogP) is 2.99. The number of nitrogens with one attached hydrogen (secondary N) is 1. The summed E-state index contributed by atoms with van der Waals surface area (Å²) in [6.07, 6.45) is 0.0138. The summed E-state index contributed by atoms with van der Waals surface area (Å²) < 4.78 is 4.66. The fourth-order valence-electron chi connectivity index (χ4n) is 3.02. The summed E-state index contributed by atoms with van der Waals surface area (Å²) >= 11 is 6.11. The zero-order valence-electron chi connectivity index (χ0n) is 14.9. The number of hydrogen-bond donors (Lipinski definition) is 1. The summed E-state index contributed by atoms with van der Waals surface area (Å²) in [5, 5.41) is 12.2. The molecule has 2 aromatic rings. The van der Waals surface area contributed by atoms with E-state index in [2.05, 4.69) is 16.1 Å². The second-order valence-corrected chi connectivity index (χ2v) is 6.62. The van der Waals surface area contributed by atoms with Crippen LogP contribution >= 0.6 is 11.6 Å². The Morgan fingerprint density at radius 1 is 1.29 bits per heavy atom. The number of benzene rings is 2. The Balaban J connectivity index is 1.77. The van der Waals surface area contributed by atoms with E-state index >= 15 is 0 Å². The Kier molecular flexibility index (Phi) is 5.62. The van der Waals surface area contributed by atoms with Gasteiger partial charge in [0, 0.05) is 13.0 Å². The highest BCUT2D eigenvalue weighted by atomic mass is 35.5. The molecule has 0 spiro atoms. The van der Waals surface area contributed by atoms with Crippen LogP contribution in [0.15, 0.2) is 42.5 Å². The highest BCUT2D eigenvalue weighted by Crippen LogP contribution is 2.30. The van der Waals surface area contributed by atoms with Crippen LogP contribution in [-0.4, -0.2) is 31.4 Å². The third-order valence-electron chi connectivity index (χ3n) is 4.46. The molecule has 0 aromatic heterocycles. The molecule has 1 atom stereocenters. The minimum atomic E-state index is -0.614. The topological polar surface area (TPSA) is 99.5 Å². The fraction of sp³-hybridized carbons (Fsp3) is 0.200. The second-order valence-electron chi connectivity index (χ2n) is 6.21. The molecule has 142 valence electrons. The molecule has 0 saturated carbocycles.